The quantitative estimate of drug-likeness (QED) is 0.291. The molecule has 0 heterocycles. The van der Waals surface area contributed by atoms with Gasteiger partial charge < -0.3 is 34.0 Å². The minimum Gasteiger partial charge on any atom is -0.548 e. The topological polar surface area (TPSA) is 108 Å². The van der Waals surface area contributed by atoms with Crippen LogP contribution in [0.3, 0.4) is 0 Å². The summed E-state index contributed by atoms with van der Waals surface area (Å²) >= 11 is 0. The molecule has 0 aromatic heterocycles. The minimum atomic E-state index is -1.28. The van der Waals surface area contributed by atoms with E-state index >= 15 is 0 Å². The van der Waals surface area contributed by atoms with Crippen molar-refractivity contribution in [3.8, 4) is 0 Å². The average Bonchev–Trinajstić information content (AvgIpc) is 2.14. The van der Waals surface area contributed by atoms with Gasteiger partial charge in [0.1, 0.15) is 0 Å². The molecule has 88 valence electrons. The molecule has 0 rings (SSSR count). The first kappa shape index (κ1) is 24.1. The van der Waals surface area contributed by atoms with Crippen LogP contribution < -0.4 is 113 Å². The fraction of sp³-hybridized carbons (Fsp3) is 0.750. The van der Waals surface area contributed by atoms with Crippen molar-refractivity contribution in [3.05, 3.63) is 0 Å². The van der Waals surface area contributed by atoms with Gasteiger partial charge in [-0.25, -0.2) is 0 Å². The van der Waals surface area contributed by atoms with E-state index in [4.69, 9.17) is 4.74 Å². The van der Waals surface area contributed by atoms with Gasteiger partial charge in [0.15, 0.2) is 0 Å². The molecule has 0 spiro atoms. The molecular weight excluding hydrogens is 286 g/mol. The Morgan fingerprint density at radius 2 is 1.00 bits per heavy atom. The largest absolute Gasteiger partial charge is 1.00 e. The van der Waals surface area contributed by atoms with E-state index in [2.05, 4.69) is 9.47 Å². The molecule has 0 amide bonds. The average molecular weight is 298 g/mol. The third-order valence-electron chi connectivity index (χ3n) is 1.18. The van der Waals surface area contributed by atoms with E-state index in [1.807, 2.05) is 0 Å². The van der Waals surface area contributed by atoms with Crippen molar-refractivity contribution in [2.75, 3.05) is 39.6 Å². The van der Waals surface area contributed by atoms with Gasteiger partial charge >= 0.3 is 103 Å². The monoisotopic (exact) mass is 298 g/mol. The van der Waals surface area contributed by atoms with Gasteiger partial charge in [-0.1, -0.05) is 0 Å². The van der Waals surface area contributed by atoms with Crippen LogP contribution in [0.2, 0.25) is 0 Å². The molecule has 0 aliphatic carbocycles. The number of hydrogen-bond acceptors (Lipinski definition) is 7. The molecular formula is C8H12K2O7. The first-order chi connectivity index (χ1) is 7.13. The molecule has 0 atom stereocenters. The predicted octanol–water partition coefficient (Wildman–Crippen LogP) is -9.46. The van der Waals surface area contributed by atoms with Crippen LogP contribution in [0.5, 0.6) is 0 Å². The minimum absolute atomic E-state index is 0. The zero-order chi connectivity index (χ0) is 11.5. The molecule has 0 aliphatic rings. The Bertz CT molecular complexity index is 180. The summed E-state index contributed by atoms with van der Waals surface area (Å²) < 4.78 is 14.1. The summed E-state index contributed by atoms with van der Waals surface area (Å²) in [6.45, 7) is -0.248. The van der Waals surface area contributed by atoms with Crippen molar-refractivity contribution >= 4 is 11.9 Å². The van der Waals surface area contributed by atoms with E-state index in [9.17, 15) is 19.8 Å². The van der Waals surface area contributed by atoms with Gasteiger partial charge in [-0.15, -0.1) is 0 Å². The molecule has 0 saturated carbocycles. The number of carbonyl (C=O) groups excluding carboxylic acids is 2. The summed E-state index contributed by atoms with van der Waals surface area (Å²) in [5, 5.41) is 19.8. The maximum Gasteiger partial charge on any atom is 1.00 e. The maximum atomic E-state index is 9.88. The zero-order valence-corrected chi connectivity index (χ0v) is 16.3. The molecule has 9 heteroatoms. The molecule has 0 bridgehead atoms. The second-order valence-electron chi connectivity index (χ2n) is 2.46. The summed E-state index contributed by atoms with van der Waals surface area (Å²) in [6.07, 6.45) is 0. The molecule has 0 aromatic rings. The van der Waals surface area contributed by atoms with Gasteiger partial charge in [0, 0.05) is 0 Å². The molecule has 0 N–H and O–H groups in total. The van der Waals surface area contributed by atoms with Crippen LogP contribution in [0, 0.1) is 0 Å². The standard InChI is InChI=1S/C8H14O7.2K/c9-7(10)5-14-3-1-13-2-4-15-6-8(11)12;;/h1-6H2,(H,9,10)(H,11,12);;/q;2*+1/p-2. The Balaban J connectivity index is -0.000000980. The fourth-order valence-electron chi connectivity index (χ4n) is 0.649. The molecule has 0 radical (unpaired) electrons. The first-order valence-electron chi connectivity index (χ1n) is 4.26. The van der Waals surface area contributed by atoms with Gasteiger partial charge in [-0.05, 0) is 0 Å². The number of aliphatic carboxylic acids is 2. The van der Waals surface area contributed by atoms with Gasteiger partial charge in [0.2, 0.25) is 0 Å². The fourth-order valence-corrected chi connectivity index (χ4v) is 0.649. The van der Waals surface area contributed by atoms with E-state index in [0.717, 1.165) is 0 Å². The van der Waals surface area contributed by atoms with Gasteiger partial charge in [-0.2, -0.15) is 0 Å². The van der Waals surface area contributed by atoms with Gasteiger partial charge in [0.05, 0.1) is 51.6 Å². The van der Waals surface area contributed by atoms with Crippen LogP contribution in [0.4, 0.5) is 0 Å². The second kappa shape index (κ2) is 18.1. The van der Waals surface area contributed by atoms with Gasteiger partial charge in [0.25, 0.3) is 0 Å². The van der Waals surface area contributed by atoms with Crippen molar-refractivity contribution in [2.24, 2.45) is 0 Å². The Kier molecular flexibility index (Phi) is 25.7. The van der Waals surface area contributed by atoms with Crippen molar-refractivity contribution in [1.82, 2.24) is 0 Å². The number of ether oxygens (including phenoxy) is 3. The van der Waals surface area contributed by atoms with Crippen molar-refractivity contribution in [3.63, 3.8) is 0 Å². The van der Waals surface area contributed by atoms with E-state index < -0.39 is 25.2 Å². The Morgan fingerprint density at radius 1 is 0.706 bits per heavy atom. The van der Waals surface area contributed by atoms with Crippen LogP contribution in [0.25, 0.3) is 0 Å². The summed E-state index contributed by atoms with van der Waals surface area (Å²) in [6, 6.07) is 0. The molecule has 0 aliphatic heterocycles. The first-order valence-corrected chi connectivity index (χ1v) is 4.26. The smallest absolute Gasteiger partial charge is 0.548 e. The molecule has 0 saturated heterocycles. The van der Waals surface area contributed by atoms with Crippen LogP contribution in [-0.4, -0.2) is 51.6 Å². The summed E-state index contributed by atoms with van der Waals surface area (Å²) in [7, 11) is 0. The molecule has 17 heavy (non-hydrogen) atoms. The molecule has 0 fully saturated rings. The van der Waals surface area contributed by atoms with E-state index in [0.29, 0.717) is 0 Å². The second-order valence-corrected chi connectivity index (χ2v) is 2.46. The summed E-state index contributed by atoms with van der Waals surface area (Å²) in [5.41, 5.74) is 0. The number of carboxylic acid groups (broad SMARTS) is 2. The molecule has 0 aromatic carbocycles. The van der Waals surface area contributed by atoms with Crippen LogP contribution in [-0.2, 0) is 23.8 Å². The predicted molar refractivity (Wildman–Crippen MR) is 42.5 cm³/mol. The normalized spacial score (nSPS) is 8.94. The van der Waals surface area contributed by atoms with E-state index in [-0.39, 0.29) is 129 Å². The van der Waals surface area contributed by atoms with Crippen LogP contribution in [0.1, 0.15) is 0 Å². The zero-order valence-electron chi connectivity index (χ0n) is 10.1. The molecule has 0 unspecified atom stereocenters. The van der Waals surface area contributed by atoms with Gasteiger partial charge in [-0.3, -0.25) is 0 Å². The maximum absolute atomic E-state index is 9.88. The Labute approximate surface area is 184 Å². The Morgan fingerprint density at radius 3 is 1.29 bits per heavy atom. The van der Waals surface area contributed by atoms with E-state index in [1.54, 1.807) is 0 Å². The van der Waals surface area contributed by atoms with E-state index in [1.165, 1.54) is 0 Å². The third-order valence-corrected chi connectivity index (χ3v) is 1.18. The molecule has 7 nitrogen and oxygen atoms in total. The third kappa shape index (κ3) is 23.6. The number of hydrogen-bond donors (Lipinski definition) is 0. The van der Waals surface area contributed by atoms with Crippen molar-refractivity contribution in [2.45, 2.75) is 0 Å². The van der Waals surface area contributed by atoms with Crippen molar-refractivity contribution in [1.29, 1.82) is 0 Å². The van der Waals surface area contributed by atoms with Crippen molar-refractivity contribution < 1.29 is 137 Å². The SMILES string of the molecule is O=C([O-])COCCOCCOCC(=O)[O-].[K+].[K+]. The Hall–Kier alpha value is 2.09. The summed E-state index contributed by atoms with van der Waals surface area (Å²) in [5.74, 6) is -2.57. The number of carbonyl (C=O) groups is 2. The number of carboxylic acids is 2. The van der Waals surface area contributed by atoms with Crippen LogP contribution >= 0.6 is 0 Å². The number of rotatable bonds is 10. The summed E-state index contributed by atoms with van der Waals surface area (Å²) in [4.78, 5) is 19.8. The van der Waals surface area contributed by atoms with Crippen LogP contribution in [0.15, 0.2) is 0 Å².